The lowest BCUT2D eigenvalue weighted by molar-refractivity contribution is -0.147. The van der Waals surface area contributed by atoms with E-state index < -0.39 is 11.7 Å². The van der Waals surface area contributed by atoms with Gasteiger partial charge in [0.05, 0.1) is 13.0 Å². The maximum atomic E-state index is 12.0. The molecular weight excluding hydrogens is 262 g/mol. The van der Waals surface area contributed by atoms with Crippen molar-refractivity contribution < 1.29 is 14.3 Å². The molecule has 0 spiro atoms. The molecule has 0 atom stereocenters. The average Bonchev–Trinajstić information content (AvgIpc) is 2.33. The number of nitrogens with zero attached hydrogens (tertiary/aromatic N) is 2. The quantitative estimate of drug-likeness (QED) is 0.764. The molecule has 0 unspecified atom stereocenters. The summed E-state index contributed by atoms with van der Waals surface area (Å²) in [5.74, 6) is -0.686. The van der Waals surface area contributed by atoms with E-state index in [1.165, 1.54) is 11.9 Å². The highest BCUT2D eigenvalue weighted by molar-refractivity contribution is 5.83. The van der Waals surface area contributed by atoms with Crippen molar-refractivity contribution in [2.24, 2.45) is 0 Å². The average molecular weight is 281 g/mol. The summed E-state index contributed by atoms with van der Waals surface area (Å²) < 4.78 is 4.78. The van der Waals surface area contributed by atoms with Gasteiger partial charge in [0.2, 0.25) is 5.91 Å². The summed E-state index contributed by atoms with van der Waals surface area (Å²) in [6, 6.07) is 0. The van der Waals surface area contributed by atoms with Crippen molar-refractivity contribution in [1.29, 1.82) is 0 Å². The molecule has 1 N–H and O–H groups in total. The Bertz CT molecular complexity index is 539. The minimum absolute atomic E-state index is 0.0807. The van der Waals surface area contributed by atoms with E-state index in [-0.39, 0.29) is 25.5 Å². The number of aromatic amines is 1. The number of hydrogen-bond donors (Lipinski definition) is 1. The fourth-order valence-electron chi connectivity index (χ4n) is 1.79. The number of esters is 1. The molecule has 0 bridgehead atoms. The van der Waals surface area contributed by atoms with Crippen LogP contribution in [-0.2, 0) is 20.7 Å². The zero-order chi connectivity index (χ0) is 15.3. The van der Waals surface area contributed by atoms with Crippen LogP contribution in [-0.4, -0.2) is 46.9 Å². The van der Waals surface area contributed by atoms with Crippen LogP contribution in [0.5, 0.6) is 0 Å². The molecule has 0 aliphatic carbocycles. The summed E-state index contributed by atoms with van der Waals surface area (Å²) in [5.41, 5.74) is 1.37. The maximum Gasteiger partial charge on any atom is 0.345 e. The second kappa shape index (κ2) is 6.83. The molecule has 1 aromatic rings. The molecule has 7 nitrogen and oxygen atoms in total. The van der Waals surface area contributed by atoms with Gasteiger partial charge in [-0.3, -0.25) is 9.59 Å². The Kier molecular flexibility index (Phi) is 5.42. The summed E-state index contributed by atoms with van der Waals surface area (Å²) in [7, 11) is 1.53. The van der Waals surface area contributed by atoms with Gasteiger partial charge in [-0.15, -0.1) is 0 Å². The summed E-state index contributed by atoms with van der Waals surface area (Å²) in [6.45, 7) is 5.28. The normalized spacial score (nSPS) is 10.2. The predicted octanol–water partition coefficient (Wildman–Crippen LogP) is -0.0493. The fourth-order valence-corrected chi connectivity index (χ4v) is 1.79. The highest BCUT2D eigenvalue weighted by atomic mass is 16.5. The maximum absolute atomic E-state index is 12.0. The van der Waals surface area contributed by atoms with Crippen molar-refractivity contribution in [3.05, 3.63) is 27.4 Å². The first kappa shape index (κ1) is 15.9. The zero-order valence-corrected chi connectivity index (χ0v) is 12.1. The molecule has 1 aromatic heterocycles. The molecule has 0 aromatic carbocycles. The van der Waals surface area contributed by atoms with Gasteiger partial charge in [0.25, 0.3) is 0 Å². The number of nitrogens with one attached hydrogen (secondary N) is 1. The van der Waals surface area contributed by atoms with E-state index in [2.05, 4.69) is 9.97 Å². The summed E-state index contributed by atoms with van der Waals surface area (Å²) in [6.07, 6.45) is 0.0807. The van der Waals surface area contributed by atoms with Crippen LogP contribution in [0, 0.1) is 13.8 Å². The van der Waals surface area contributed by atoms with E-state index in [0.717, 1.165) is 0 Å². The largest absolute Gasteiger partial charge is 0.465 e. The number of rotatable bonds is 5. The number of H-pyrrole nitrogens is 1. The molecule has 0 radical (unpaired) electrons. The molecule has 20 heavy (non-hydrogen) atoms. The van der Waals surface area contributed by atoms with Crippen LogP contribution in [0.4, 0.5) is 0 Å². The van der Waals surface area contributed by atoms with Crippen LogP contribution in [0.25, 0.3) is 0 Å². The van der Waals surface area contributed by atoms with Gasteiger partial charge in [0.1, 0.15) is 6.54 Å². The minimum Gasteiger partial charge on any atom is -0.465 e. The highest BCUT2D eigenvalue weighted by Crippen LogP contribution is 2.09. The lowest BCUT2D eigenvalue weighted by Gasteiger charge is -2.17. The Morgan fingerprint density at radius 2 is 2.00 bits per heavy atom. The third-order valence-electron chi connectivity index (χ3n) is 2.88. The fraction of sp³-hybridized carbons (Fsp3) is 0.538. The minimum atomic E-state index is -0.448. The second-order valence-electron chi connectivity index (χ2n) is 4.46. The highest BCUT2D eigenvalue weighted by Gasteiger charge is 2.17. The summed E-state index contributed by atoms with van der Waals surface area (Å²) in [5, 5.41) is 0. The first-order valence-electron chi connectivity index (χ1n) is 6.31. The van der Waals surface area contributed by atoms with E-state index in [0.29, 0.717) is 17.0 Å². The zero-order valence-electron chi connectivity index (χ0n) is 12.1. The number of hydrogen-bond acceptors (Lipinski definition) is 5. The van der Waals surface area contributed by atoms with E-state index in [9.17, 15) is 14.4 Å². The Hall–Kier alpha value is -2.18. The van der Waals surface area contributed by atoms with Gasteiger partial charge in [-0.05, 0) is 20.8 Å². The molecule has 0 fully saturated rings. The number of aromatic nitrogens is 2. The molecule has 7 heteroatoms. The number of carbonyl (C=O) groups excluding carboxylic acids is 2. The number of ether oxygens (including phenoxy) is 1. The Morgan fingerprint density at radius 1 is 1.35 bits per heavy atom. The van der Waals surface area contributed by atoms with E-state index >= 15 is 0 Å². The topological polar surface area (TPSA) is 92.4 Å². The molecule has 0 aliphatic rings. The first-order chi connectivity index (χ1) is 9.35. The molecule has 0 aliphatic heterocycles. The monoisotopic (exact) mass is 281 g/mol. The van der Waals surface area contributed by atoms with Crippen LogP contribution in [0.3, 0.4) is 0 Å². The molecule has 1 amide bonds. The lowest BCUT2D eigenvalue weighted by atomic mass is 10.1. The molecule has 0 saturated carbocycles. The molecule has 1 heterocycles. The van der Waals surface area contributed by atoms with Gasteiger partial charge in [0.15, 0.2) is 0 Å². The van der Waals surface area contributed by atoms with Crippen molar-refractivity contribution in [2.45, 2.75) is 27.2 Å². The van der Waals surface area contributed by atoms with E-state index in [4.69, 9.17) is 4.74 Å². The Labute approximate surface area is 117 Å². The SMILES string of the molecule is CCOC(=O)CN(C)C(=O)Cc1c(C)nc(=O)[nH]c1C. The summed E-state index contributed by atoms with van der Waals surface area (Å²) in [4.78, 5) is 42.1. The van der Waals surface area contributed by atoms with Gasteiger partial charge in [-0.25, -0.2) is 4.79 Å². The third kappa shape index (κ3) is 4.18. The standard InChI is InChI=1S/C13H19N3O4/c1-5-20-12(18)7-16(4)11(17)6-10-8(2)14-13(19)15-9(10)3/h5-7H2,1-4H3,(H,14,15,19). The van der Waals surface area contributed by atoms with Crippen molar-refractivity contribution in [3.63, 3.8) is 0 Å². The van der Waals surface area contributed by atoms with Gasteiger partial charge in [-0.1, -0.05) is 0 Å². The van der Waals surface area contributed by atoms with Crippen molar-refractivity contribution in [1.82, 2.24) is 14.9 Å². The molecule has 110 valence electrons. The van der Waals surface area contributed by atoms with Crippen LogP contribution >= 0.6 is 0 Å². The van der Waals surface area contributed by atoms with Gasteiger partial charge in [-0.2, -0.15) is 4.98 Å². The van der Waals surface area contributed by atoms with Crippen LogP contribution in [0.15, 0.2) is 4.79 Å². The molecule has 0 saturated heterocycles. The smallest absolute Gasteiger partial charge is 0.345 e. The molecule has 1 rings (SSSR count). The van der Waals surface area contributed by atoms with Crippen LogP contribution in [0.1, 0.15) is 23.9 Å². The van der Waals surface area contributed by atoms with Crippen molar-refractivity contribution in [2.75, 3.05) is 20.2 Å². The van der Waals surface area contributed by atoms with E-state index in [1.807, 2.05) is 0 Å². The summed E-state index contributed by atoms with van der Waals surface area (Å²) >= 11 is 0. The lowest BCUT2D eigenvalue weighted by Crippen LogP contribution is -2.34. The number of carbonyl (C=O) groups is 2. The van der Waals surface area contributed by atoms with Crippen LogP contribution < -0.4 is 5.69 Å². The third-order valence-corrected chi connectivity index (χ3v) is 2.88. The van der Waals surface area contributed by atoms with E-state index in [1.54, 1.807) is 20.8 Å². The number of aryl methyl sites for hydroxylation is 2. The van der Waals surface area contributed by atoms with Gasteiger partial charge < -0.3 is 14.6 Å². The molecular formula is C13H19N3O4. The number of amides is 1. The first-order valence-corrected chi connectivity index (χ1v) is 6.31. The van der Waals surface area contributed by atoms with Crippen molar-refractivity contribution in [3.8, 4) is 0 Å². The Balaban J connectivity index is 2.76. The van der Waals surface area contributed by atoms with Gasteiger partial charge >= 0.3 is 11.7 Å². The Morgan fingerprint density at radius 3 is 2.55 bits per heavy atom. The second-order valence-corrected chi connectivity index (χ2v) is 4.46. The van der Waals surface area contributed by atoms with Gasteiger partial charge in [0, 0.05) is 24.0 Å². The van der Waals surface area contributed by atoms with Crippen molar-refractivity contribution >= 4 is 11.9 Å². The number of likely N-dealkylation sites (N-methyl/N-ethyl adjacent to an activating group) is 1. The predicted molar refractivity (Wildman–Crippen MR) is 72.3 cm³/mol. The van der Waals surface area contributed by atoms with Crippen LogP contribution in [0.2, 0.25) is 0 Å².